The number of rotatable bonds is 12. The van der Waals surface area contributed by atoms with Crippen molar-refractivity contribution in [1.29, 1.82) is 0 Å². The fourth-order valence-electron chi connectivity index (χ4n) is 4.55. The predicted molar refractivity (Wildman–Crippen MR) is 141 cm³/mol. The number of hydrogen-bond donors (Lipinski definition) is 1. The van der Waals surface area contributed by atoms with Gasteiger partial charge in [0.1, 0.15) is 6.04 Å². The van der Waals surface area contributed by atoms with E-state index in [1.807, 2.05) is 19.1 Å². The van der Waals surface area contributed by atoms with Crippen LogP contribution in [0.3, 0.4) is 0 Å². The zero-order chi connectivity index (χ0) is 26.4. The van der Waals surface area contributed by atoms with Crippen molar-refractivity contribution in [2.45, 2.75) is 74.2 Å². The molecule has 0 spiro atoms. The van der Waals surface area contributed by atoms with Crippen LogP contribution in [-0.4, -0.2) is 49.4 Å². The molecule has 2 heterocycles. The van der Waals surface area contributed by atoms with Gasteiger partial charge >= 0.3 is 0 Å². The zero-order valence-corrected chi connectivity index (χ0v) is 22.5. The Morgan fingerprint density at radius 1 is 1.00 bits per heavy atom. The smallest absolute Gasteiger partial charge is 0.296 e. The van der Waals surface area contributed by atoms with Gasteiger partial charge in [0, 0.05) is 23.4 Å². The number of hydrogen-bond acceptors (Lipinski definition) is 7. The van der Waals surface area contributed by atoms with Gasteiger partial charge in [0.05, 0.1) is 11.5 Å². The number of piperidine rings is 1. The van der Waals surface area contributed by atoms with E-state index in [2.05, 4.69) is 5.32 Å². The topological polar surface area (TPSA) is 110 Å². The highest BCUT2D eigenvalue weighted by Gasteiger charge is 2.39. The highest BCUT2D eigenvalue weighted by atomic mass is 32.2. The lowest BCUT2D eigenvalue weighted by molar-refractivity contribution is -0.136. The minimum absolute atomic E-state index is 0.154. The van der Waals surface area contributed by atoms with E-state index in [1.54, 1.807) is 47.0 Å². The normalized spacial score (nSPS) is 17.7. The van der Waals surface area contributed by atoms with Crippen molar-refractivity contribution in [3.8, 4) is 0 Å². The zero-order valence-electron chi connectivity index (χ0n) is 20.9. The van der Waals surface area contributed by atoms with E-state index >= 15 is 0 Å². The maximum absolute atomic E-state index is 12.9. The molecule has 1 unspecified atom stereocenters. The molecule has 1 fully saturated rings. The first-order valence-electron chi connectivity index (χ1n) is 12.6. The van der Waals surface area contributed by atoms with Crippen molar-refractivity contribution in [2.75, 3.05) is 12.4 Å². The van der Waals surface area contributed by atoms with Gasteiger partial charge in [-0.3, -0.25) is 23.9 Å². The number of carbonyl (C=O) groups excluding carboxylic acids is 3. The molecular weight excluding hydrogens is 512 g/mol. The third kappa shape index (κ3) is 6.80. The Morgan fingerprint density at radius 2 is 1.73 bits per heavy atom. The molecule has 198 valence electrons. The summed E-state index contributed by atoms with van der Waals surface area (Å²) in [5, 5.41) is 2.34. The van der Waals surface area contributed by atoms with Crippen LogP contribution in [-0.2, 0) is 30.4 Å². The Morgan fingerprint density at radius 3 is 2.49 bits per heavy atom. The summed E-state index contributed by atoms with van der Waals surface area (Å²) in [6.45, 7) is 2.47. The Hall–Kier alpha value is -2.69. The van der Waals surface area contributed by atoms with E-state index < -0.39 is 22.1 Å². The van der Waals surface area contributed by atoms with Crippen LogP contribution in [0.4, 0.5) is 0 Å². The Bertz CT molecular complexity index is 1260. The quantitative estimate of drug-likeness (QED) is 0.185. The molecule has 0 radical (unpaired) electrons. The summed E-state index contributed by atoms with van der Waals surface area (Å²) < 4.78 is 29.6. The minimum atomic E-state index is -3.70. The van der Waals surface area contributed by atoms with Crippen molar-refractivity contribution in [3.05, 3.63) is 59.2 Å². The summed E-state index contributed by atoms with van der Waals surface area (Å²) in [6.07, 6.45) is 5.19. The van der Waals surface area contributed by atoms with Crippen LogP contribution >= 0.6 is 11.8 Å². The highest BCUT2D eigenvalue weighted by Crippen LogP contribution is 2.34. The average Bonchev–Trinajstić information content (AvgIpc) is 3.20. The van der Waals surface area contributed by atoms with Crippen LogP contribution in [0.2, 0.25) is 0 Å². The van der Waals surface area contributed by atoms with E-state index in [9.17, 15) is 22.8 Å². The Kier molecular flexibility index (Phi) is 9.04. The Labute approximate surface area is 222 Å². The second-order valence-electron chi connectivity index (χ2n) is 9.39. The molecule has 1 atom stereocenters. The third-order valence-corrected chi connectivity index (χ3v) is 9.15. The lowest BCUT2D eigenvalue weighted by atomic mass is 10.0. The van der Waals surface area contributed by atoms with E-state index in [-0.39, 0.29) is 29.7 Å². The highest BCUT2D eigenvalue weighted by molar-refractivity contribution is 7.99. The van der Waals surface area contributed by atoms with Crippen molar-refractivity contribution in [3.63, 3.8) is 0 Å². The van der Waals surface area contributed by atoms with Gasteiger partial charge in [-0.1, -0.05) is 43.0 Å². The standard InChI is InChI=1S/C27H32N2O6S2/c1-19-10-12-20(13-11-19)37(33,34)35-16-5-3-2-4-6-17-36-24-9-7-8-21-22(24)18-29(27(21)32)23-14-15-25(30)28-26(23)31/h7-13,23H,2-6,14-18H2,1H3,(H,28,30,31). The van der Waals surface area contributed by atoms with E-state index in [0.717, 1.165) is 47.5 Å². The molecule has 2 aromatic rings. The monoisotopic (exact) mass is 544 g/mol. The van der Waals surface area contributed by atoms with Crippen LogP contribution < -0.4 is 5.32 Å². The van der Waals surface area contributed by atoms with Crippen molar-refractivity contribution in [2.24, 2.45) is 0 Å². The largest absolute Gasteiger partial charge is 0.322 e. The second-order valence-corrected chi connectivity index (χ2v) is 12.1. The molecule has 3 amide bonds. The number of nitrogens with one attached hydrogen (secondary N) is 1. The number of amides is 3. The number of thioether (sulfide) groups is 1. The number of aryl methyl sites for hydroxylation is 1. The first-order chi connectivity index (χ1) is 17.8. The molecule has 1 N–H and O–H groups in total. The first kappa shape index (κ1) is 27.3. The summed E-state index contributed by atoms with van der Waals surface area (Å²) >= 11 is 1.71. The molecule has 37 heavy (non-hydrogen) atoms. The summed E-state index contributed by atoms with van der Waals surface area (Å²) in [6, 6.07) is 11.7. The van der Waals surface area contributed by atoms with Gasteiger partial charge in [-0.05, 0) is 61.8 Å². The van der Waals surface area contributed by atoms with E-state index in [1.165, 1.54) is 0 Å². The van der Waals surface area contributed by atoms with Gasteiger partial charge in [-0.2, -0.15) is 8.42 Å². The minimum Gasteiger partial charge on any atom is -0.322 e. The molecule has 8 nitrogen and oxygen atoms in total. The number of nitrogens with zero attached hydrogens (tertiary/aromatic N) is 1. The van der Waals surface area contributed by atoms with Crippen molar-refractivity contribution >= 4 is 39.6 Å². The summed E-state index contributed by atoms with van der Waals surface area (Å²) in [7, 11) is -3.70. The van der Waals surface area contributed by atoms with Gasteiger partial charge in [0.2, 0.25) is 11.8 Å². The summed E-state index contributed by atoms with van der Waals surface area (Å²) in [5.74, 6) is 0.0613. The van der Waals surface area contributed by atoms with Gasteiger partial charge in [-0.15, -0.1) is 11.8 Å². The molecule has 10 heteroatoms. The van der Waals surface area contributed by atoms with Crippen LogP contribution in [0.15, 0.2) is 52.3 Å². The van der Waals surface area contributed by atoms with Crippen LogP contribution in [0.1, 0.15) is 66.4 Å². The molecule has 2 aliphatic rings. The van der Waals surface area contributed by atoms with Crippen LogP contribution in [0.5, 0.6) is 0 Å². The van der Waals surface area contributed by atoms with Crippen LogP contribution in [0.25, 0.3) is 0 Å². The van der Waals surface area contributed by atoms with Gasteiger partial charge in [0.25, 0.3) is 16.0 Å². The maximum Gasteiger partial charge on any atom is 0.296 e. The number of fused-ring (bicyclic) bond motifs is 1. The molecule has 2 aliphatic heterocycles. The van der Waals surface area contributed by atoms with Gasteiger partial charge < -0.3 is 4.90 Å². The predicted octanol–water partition coefficient (Wildman–Crippen LogP) is 4.20. The second kappa shape index (κ2) is 12.2. The maximum atomic E-state index is 12.9. The summed E-state index contributed by atoms with van der Waals surface area (Å²) in [5.41, 5.74) is 2.58. The number of unbranched alkanes of at least 4 members (excludes halogenated alkanes) is 4. The van der Waals surface area contributed by atoms with Gasteiger partial charge in [-0.25, -0.2) is 0 Å². The average molecular weight is 545 g/mol. The van der Waals surface area contributed by atoms with Gasteiger partial charge in [0.15, 0.2) is 0 Å². The third-order valence-electron chi connectivity index (χ3n) is 6.63. The molecule has 2 aromatic carbocycles. The molecule has 0 saturated carbocycles. The molecule has 4 rings (SSSR count). The molecule has 1 saturated heterocycles. The number of imide groups is 1. The molecular formula is C27H32N2O6S2. The van der Waals surface area contributed by atoms with E-state index in [0.29, 0.717) is 24.9 Å². The van der Waals surface area contributed by atoms with E-state index in [4.69, 9.17) is 4.18 Å². The van der Waals surface area contributed by atoms with Crippen LogP contribution in [0, 0.1) is 6.92 Å². The summed E-state index contributed by atoms with van der Waals surface area (Å²) in [4.78, 5) is 39.5. The molecule has 0 aromatic heterocycles. The first-order valence-corrected chi connectivity index (χ1v) is 15.0. The lowest BCUT2D eigenvalue weighted by Gasteiger charge is -2.29. The fourth-order valence-corrected chi connectivity index (χ4v) is 6.59. The number of benzene rings is 2. The number of carbonyl (C=O) groups is 3. The molecule has 0 bridgehead atoms. The Balaban J connectivity index is 1.16. The fraction of sp³-hybridized carbons (Fsp3) is 0.444. The SMILES string of the molecule is Cc1ccc(S(=O)(=O)OCCCCCCCSc2cccc3c2CN(C2CCC(=O)NC2=O)C3=O)cc1. The van der Waals surface area contributed by atoms with Crippen molar-refractivity contribution in [1.82, 2.24) is 10.2 Å². The van der Waals surface area contributed by atoms with Crippen molar-refractivity contribution < 1.29 is 27.0 Å². The lowest BCUT2D eigenvalue weighted by Crippen LogP contribution is -2.52. The molecule has 0 aliphatic carbocycles.